The number of ketones is 1. The van der Waals surface area contributed by atoms with E-state index < -0.39 is 44.9 Å². The Balaban J connectivity index is 2.86. The van der Waals surface area contributed by atoms with Crippen molar-refractivity contribution in [2.45, 2.75) is 0 Å². The molecule has 1 aromatic carbocycles. The lowest BCUT2D eigenvalue weighted by molar-refractivity contribution is -0.112. The van der Waals surface area contributed by atoms with E-state index in [-0.39, 0.29) is 0 Å². The summed E-state index contributed by atoms with van der Waals surface area (Å²) in [6, 6.07) is 0. The summed E-state index contributed by atoms with van der Waals surface area (Å²) in [6.45, 7) is 0. The van der Waals surface area contributed by atoms with Crippen molar-refractivity contribution in [3.63, 3.8) is 0 Å². The van der Waals surface area contributed by atoms with Crippen molar-refractivity contribution >= 4 is 33.3 Å². The van der Waals surface area contributed by atoms with Gasteiger partial charge in [0.1, 0.15) is 0 Å². The highest BCUT2D eigenvalue weighted by molar-refractivity contribution is 9.10. The van der Waals surface area contributed by atoms with E-state index in [0.717, 1.165) is 0 Å². The number of hydrogen-bond acceptors (Lipinski definition) is 2. The van der Waals surface area contributed by atoms with Crippen LogP contribution in [-0.2, 0) is 4.79 Å². The summed E-state index contributed by atoms with van der Waals surface area (Å²) in [5.41, 5.74) is -1.52. The molecular formula is C8HBrF3NO2. The summed E-state index contributed by atoms with van der Waals surface area (Å²) in [6.07, 6.45) is 0. The zero-order valence-electron chi connectivity index (χ0n) is 6.83. The van der Waals surface area contributed by atoms with Gasteiger partial charge in [-0.15, -0.1) is 0 Å². The summed E-state index contributed by atoms with van der Waals surface area (Å²) in [5, 5.41) is 1.82. The number of carbonyl (C=O) groups excluding carboxylic acids is 2. The molecule has 0 unspecified atom stereocenters. The standard InChI is InChI=1S/C8HBrF3NO2/c9-2-4(11)3(10)1-6(5(2)12)13-8(15)7(1)14/h(H,13,14,15). The lowest BCUT2D eigenvalue weighted by atomic mass is 10.1. The summed E-state index contributed by atoms with van der Waals surface area (Å²) >= 11 is 2.47. The largest absolute Gasteiger partial charge is 0.316 e. The molecule has 1 N–H and O–H groups in total. The molecule has 78 valence electrons. The third kappa shape index (κ3) is 1.19. The SMILES string of the molecule is O=C1Nc2c(F)c(Br)c(F)c(F)c2C1=O. The normalized spacial score (nSPS) is 14.1. The minimum atomic E-state index is -1.54. The van der Waals surface area contributed by atoms with Gasteiger partial charge in [0.05, 0.1) is 15.7 Å². The Labute approximate surface area is 89.4 Å². The molecule has 0 aliphatic carbocycles. The second kappa shape index (κ2) is 3.06. The van der Waals surface area contributed by atoms with Gasteiger partial charge in [-0.05, 0) is 15.9 Å². The predicted molar refractivity (Wildman–Crippen MR) is 47.0 cm³/mol. The van der Waals surface area contributed by atoms with E-state index in [4.69, 9.17) is 0 Å². The predicted octanol–water partition coefficient (Wildman–Crippen LogP) is 2.00. The first-order valence-electron chi connectivity index (χ1n) is 3.66. The minimum Gasteiger partial charge on any atom is -0.316 e. The van der Waals surface area contributed by atoms with Crippen LogP contribution in [0.25, 0.3) is 0 Å². The van der Waals surface area contributed by atoms with E-state index in [0.29, 0.717) is 0 Å². The monoisotopic (exact) mass is 279 g/mol. The van der Waals surface area contributed by atoms with E-state index in [9.17, 15) is 22.8 Å². The Morgan fingerprint density at radius 1 is 1.00 bits per heavy atom. The molecule has 0 bridgehead atoms. The zero-order valence-corrected chi connectivity index (χ0v) is 8.41. The molecule has 0 aromatic heterocycles. The van der Waals surface area contributed by atoms with Crippen molar-refractivity contribution in [2.75, 3.05) is 5.32 Å². The molecule has 1 heterocycles. The third-order valence-electron chi connectivity index (χ3n) is 1.94. The van der Waals surface area contributed by atoms with Crippen molar-refractivity contribution in [1.82, 2.24) is 0 Å². The van der Waals surface area contributed by atoms with Crippen LogP contribution in [0.1, 0.15) is 10.4 Å². The van der Waals surface area contributed by atoms with Gasteiger partial charge in [-0.25, -0.2) is 13.2 Å². The topological polar surface area (TPSA) is 46.2 Å². The van der Waals surface area contributed by atoms with Gasteiger partial charge in [0.25, 0.3) is 11.7 Å². The van der Waals surface area contributed by atoms with Crippen LogP contribution in [0.3, 0.4) is 0 Å². The molecule has 0 radical (unpaired) electrons. The second-order valence-electron chi connectivity index (χ2n) is 2.79. The summed E-state index contributed by atoms with van der Waals surface area (Å²) in [4.78, 5) is 21.9. The summed E-state index contributed by atoms with van der Waals surface area (Å²) < 4.78 is 38.7. The Hall–Kier alpha value is -1.37. The molecule has 7 heteroatoms. The molecule has 3 nitrogen and oxygen atoms in total. The van der Waals surface area contributed by atoms with Crippen molar-refractivity contribution in [3.8, 4) is 0 Å². The number of hydrogen-bond donors (Lipinski definition) is 1. The smallest absolute Gasteiger partial charge is 0.297 e. The van der Waals surface area contributed by atoms with Gasteiger partial charge in [0, 0.05) is 0 Å². The van der Waals surface area contributed by atoms with Crippen LogP contribution in [0.5, 0.6) is 0 Å². The van der Waals surface area contributed by atoms with Crippen LogP contribution < -0.4 is 5.32 Å². The first-order valence-corrected chi connectivity index (χ1v) is 4.46. The van der Waals surface area contributed by atoms with Gasteiger partial charge in [0.15, 0.2) is 17.5 Å². The molecule has 1 aromatic rings. The minimum absolute atomic E-state index is 0.629. The molecule has 1 aliphatic heterocycles. The number of rotatable bonds is 0. The van der Waals surface area contributed by atoms with E-state index in [1.54, 1.807) is 0 Å². The molecule has 0 saturated carbocycles. The average molecular weight is 280 g/mol. The maximum atomic E-state index is 13.3. The zero-order chi connectivity index (χ0) is 11.3. The van der Waals surface area contributed by atoms with Crippen LogP contribution in [0, 0.1) is 17.5 Å². The van der Waals surface area contributed by atoms with Crippen molar-refractivity contribution in [1.29, 1.82) is 0 Å². The van der Waals surface area contributed by atoms with Gasteiger partial charge in [-0.1, -0.05) is 0 Å². The van der Waals surface area contributed by atoms with Crippen molar-refractivity contribution in [3.05, 3.63) is 27.5 Å². The molecule has 15 heavy (non-hydrogen) atoms. The Kier molecular flexibility index (Phi) is 2.07. The highest BCUT2D eigenvalue weighted by Gasteiger charge is 2.37. The lowest BCUT2D eigenvalue weighted by Crippen LogP contribution is -2.13. The molecule has 2 rings (SSSR count). The Morgan fingerprint density at radius 3 is 2.20 bits per heavy atom. The van der Waals surface area contributed by atoms with E-state index >= 15 is 0 Å². The van der Waals surface area contributed by atoms with Crippen molar-refractivity contribution < 1.29 is 22.8 Å². The highest BCUT2D eigenvalue weighted by Crippen LogP contribution is 2.35. The van der Waals surface area contributed by atoms with Gasteiger partial charge >= 0.3 is 0 Å². The van der Waals surface area contributed by atoms with Crippen LogP contribution in [0.15, 0.2) is 4.47 Å². The molecule has 0 fully saturated rings. The van der Waals surface area contributed by atoms with Gasteiger partial charge in [-0.3, -0.25) is 9.59 Å². The summed E-state index contributed by atoms with van der Waals surface area (Å²) in [5.74, 6) is -6.74. The van der Waals surface area contributed by atoms with E-state index in [1.165, 1.54) is 0 Å². The number of anilines is 1. The molecule has 0 atom stereocenters. The fourth-order valence-electron chi connectivity index (χ4n) is 1.25. The van der Waals surface area contributed by atoms with Crippen LogP contribution in [0.2, 0.25) is 0 Å². The molecule has 1 aliphatic rings. The lowest BCUT2D eigenvalue weighted by Gasteiger charge is -2.04. The van der Waals surface area contributed by atoms with E-state index in [1.807, 2.05) is 5.32 Å². The third-order valence-corrected chi connectivity index (χ3v) is 2.64. The summed E-state index contributed by atoms with van der Waals surface area (Å²) in [7, 11) is 0. The maximum Gasteiger partial charge on any atom is 0.297 e. The molecular weight excluding hydrogens is 279 g/mol. The average Bonchev–Trinajstić information content (AvgIpc) is 2.50. The maximum absolute atomic E-state index is 13.3. The number of carbonyl (C=O) groups is 2. The number of benzene rings is 1. The van der Waals surface area contributed by atoms with E-state index in [2.05, 4.69) is 15.9 Å². The van der Waals surface area contributed by atoms with Crippen LogP contribution >= 0.6 is 15.9 Å². The Bertz CT molecular complexity index is 515. The first kappa shape index (κ1) is 10.2. The number of Topliss-reactive ketones (excluding diaryl/α,β-unsaturated/α-hetero) is 1. The fourth-order valence-corrected chi connectivity index (χ4v) is 1.62. The molecule has 1 amide bonds. The number of halogens is 4. The first-order chi connectivity index (χ1) is 6.95. The molecule has 0 saturated heterocycles. The number of nitrogens with one attached hydrogen (secondary N) is 1. The van der Waals surface area contributed by atoms with Crippen molar-refractivity contribution in [2.24, 2.45) is 0 Å². The molecule has 0 spiro atoms. The second-order valence-corrected chi connectivity index (χ2v) is 3.58. The highest BCUT2D eigenvalue weighted by atomic mass is 79.9. The quantitative estimate of drug-likeness (QED) is 0.449. The Morgan fingerprint density at radius 2 is 1.60 bits per heavy atom. The van der Waals surface area contributed by atoms with Crippen LogP contribution in [-0.4, -0.2) is 11.7 Å². The van der Waals surface area contributed by atoms with Gasteiger partial charge in [-0.2, -0.15) is 0 Å². The van der Waals surface area contributed by atoms with Gasteiger partial charge in [0.2, 0.25) is 0 Å². The van der Waals surface area contributed by atoms with Crippen LogP contribution in [0.4, 0.5) is 18.9 Å². The number of fused-ring (bicyclic) bond motifs is 1. The fraction of sp³-hybridized carbons (Fsp3) is 0. The number of amides is 1. The van der Waals surface area contributed by atoms with Gasteiger partial charge < -0.3 is 5.32 Å².